The lowest BCUT2D eigenvalue weighted by Gasteiger charge is -2.11. The molecule has 0 unspecified atom stereocenters. The number of allylic oxidation sites excluding steroid dienone is 1. The van der Waals surface area contributed by atoms with E-state index < -0.39 is 18.1 Å². The number of nitrogens with two attached hydrogens (primary N) is 1. The van der Waals surface area contributed by atoms with Gasteiger partial charge in [-0.1, -0.05) is 30.3 Å². The Balaban J connectivity index is 2.94. The fourth-order valence-electron chi connectivity index (χ4n) is 1.06. The lowest BCUT2D eigenvalue weighted by Crippen LogP contribution is -2.35. The maximum Gasteiger partial charge on any atom is 0.368 e. The van der Waals surface area contributed by atoms with Crippen LogP contribution in [-0.2, 0) is 4.79 Å². The van der Waals surface area contributed by atoms with Crippen molar-refractivity contribution in [2.24, 2.45) is 5.73 Å². The summed E-state index contributed by atoms with van der Waals surface area (Å²) in [5.74, 6) is -6.71. The Bertz CT molecular complexity index is 428. The zero-order valence-electron chi connectivity index (χ0n) is 8.54. The molecule has 17 heavy (non-hydrogen) atoms. The molecule has 0 fully saturated rings. The summed E-state index contributed by atoms with van der Waals surface area (Å²) in [6.45, 7) is 0. The highest BCUT2D eigenvalue weighted by atomic mass is 19.3. The molecule has 6 heteroatoms. The monoisotopic (exact) mass is 247 g/mol. The predicted octanol–water partition coefficient (Wildman–Crippen LogP) is 2.46. The van der Waals surface area contributed by atoms with E-state index in [2.05, 4.69) is 0 Å². The molecule has 1 rings (SSSR count). The second kappa shape index (κ2) is 4.99. The van der Waals surface area contributed by atoms with Crippen LogP contribution in [0.5, 0.6) is 0 Å². The number of carbonyl (C=O) groups is 1. The van der Waals surface area contributed by atoms with Crippen LogP contribution in [0, 0.1) is 0 Å². The van der Waals surface area contributed by atoms with Crippen molar-refractivity contribution in [1.82, 2.24) is 0 Å². The fourth-order valence-corrected chi connectivity index (χ4v) is 1.06. The SMILES string of the molecule is NC(=CC(=O)C(F)(F)C(F)F)c1ccccc1. The van der Waals surface area contributed by atoms with E-state index in [-0.39, 0.29) is 5.70 Å². The summed E-state index contributed by atoms with van der Waals surface area (Å²) < 4.78 is 49.0. The van der Waals surface area contributed by atoms with E-state index in [0.717, 1.165) is 0 Å². The Morgan fingerprint density at radius 2 is 1.76 bits per heavy atom. The van der Waals surface area contributed by atoms with Crippen LogP contribution in [0.1, 0.15) is 5.56 Å². The number of alkyl halides is 4. The number of hydrogen-bond acceptors (Lipinski definition) is 2. The van der Waals surface area contributed by atoms with Crippen LogP contribution in [0.2, 0.25) is 0 Å². The molecule has 2 nitrogen and oxygen atoms in total. The first kappa shape index (κ1) is 13.2. The van der Waals surface area contributed by atoms with Crippen LogP contribution in [0.4, 0.5) is 17.6 Å². The van der Waals surface area contributed by atoms with E-state index in [1.165, 1.54) is 12.1 Å². The van der Waals surface area contributed by atoms with E-state index in [1.807, 2.05) is 0 Å². The van der Waals surface area contributed by atoms with Crippen LogP contribution < -0.4 is 5.73 Å². The standard InChI is InChI=1S/C11H9F4NO/c12-10(13)11(14,15)9(17)6-8(16)7-4-2-1-3-5-7/h1-6,10H,16H2. The molecule has 0 aliphatic heterocycles. The largest absolute Gasteiger partial charge is 0.398 e. The molecule has 1 aromatic rings. The third-order valence-electron chi connectivity index (χ3n) is 2.00. The van der Waals surface area contributed by atoms with Crippen LogP contribution >= 0.6 is 0 Å². The van der Waals surface area contributed by atoms with Crippen molar-refractivity contribution in [2.45, 2.75) is 12.3 Å². The van der Waals surface area contributed by atoms with Crippen LogP contribution in [0.3, 0.4) is 0 Å². The summed E-state index contributed by atoms with van der Waals surface area (Å²) in [7, 11) is 0. The Hall–Kier alpha value is -1.85. The third kappa shape index (κ3) is 3.05. The van der Waals surface area contributed by atoms with Crippen molar-refractivity contribution in [3.05, 3.63) is 42.0 Å². The summed E-state index contributed by atoms with van der Waals surface area (Å²) >= 11 is 0. The van der Waals surface area contributed by atoms with Crippen molar-refractivity contribution in [2.75, 3.05) is 0 Å². The number of rotatable bonds is 4. The van der Waals surface area contributed by atoms with Crippen molar-refractivity contribution in [3.8, 4) is 0 Å². The Kier molecular flexibility index (Phi) is 3.88. The molecule has 0 saturated heterocycles. The molecule has 0 atom stereocenters. The van der Waals surface area contributed by atoms with Crippen molar-refractivity contribution < 1.29 is 22.4 Å². The van der Waals surface area contributed by atoms with Gasteiger partial charge in [0.05, 0.1) is 0 Å². The third-order valence-corrected chi connectivity index (χ3v) is 2.00. The second-order valence-corrected chi connectivity index (χ2v) is 3.25. The smallest absolute Gasteiger partial charge is 0.368 e. The molecule has 0 saturated carbocycles. The van der Waals surface area contributed by atoms with Crippen LogP contribution in [0.25, 0.3) is 5.70 Å². The van der Waals surface area contributed by atoms with Gasteiger partial charge in [-0.15, -0.1) is 0 Å². The average Bonchev–Trinajstić information content (AvgIpc) is 2.29. The highest BCUT2D eigenvalue weighted by Gasteiger charge is 2.47. The molecule has 2 N–H and O–H groups in total. The summed E-state index contributed by atoms with van der Waals surface area (Å²) in [4.78, 5) is 10.9. The van der Waals surface area contributed by atoms with Gasteiger partial charge in [-0.2, -0.15) is 8.78 Å². The highest BCUT2D eigenvalue weighted by Crippen LogP contribution is 2.25. The van der Waals surface area contributed by atoms with Gasteiger partial charge in [0.25, 0.3) is 0 Å². The first-order valence-electron chi connectivity index (χ1n) is 4.58. The number of halogens is 4. The zero-order chi connectivity index (χ0) is 13.1. The van der Waals surface area contributed by atoms with E-state index in [9.17, 15) is 22.4 Å². The maximum absolute atomic E-state index is 12.6. The summed E-state index contributed by atoms with van der Waals surface area (Å²) in [6.07, 6.45) is -3.73. The minimum absolute atomic E-state index is 0.282. The molecule has 0 aromatic heterocycles. The lowest BCUT2D eigenvalue weighted by atomic mass is 10.1. The highest BCUT2D eigenvalue weighted by molar-refractivity contribution is 6.01. The Morgan fingerprint density at radius 3 is 2.24 bits per heavy atom. The molecular weight excluding hydrogens is 238 g/mol. The molecule has 0 amide bonds. The predicted molar refractivity (Wildman–Crippen MR) is 54.6 cm³/mol. The Labute approximate surface area is 94.7 Å². The van der Waals surface area contributed by atoms with Crippen LogP contribution in [-0.4, -0.2) is 18.1 Å². The summed E-state index contributed by atoms with van der Waals surface area (Å²) in [6, 6.07) is 7.75. The van der Waals surface area contributed by atoms with Crippen LogP contribution in [0.15, 0.2) is 36.4 Å². The van der Waals surface area contributed by atoms with Gasteiger partial charge in [-0.25, -0.2) is 8.78 Å². The molecule has 0 spiro atoms. The topological polar surface area (TPSA) is 43.1 Å². The molecule has 92 valence electrons. The van der Waals surface area contributed by atoms with E-state index in [4.69, 9.17) is 5.73 Å². The van der Waals surface area contributed by atoms with Crippen molar-refractivity contribution in [3.63, 3.8) is 0 Å². The molecule has 0 radical (unpaired) electrons. The number of carbonyl (C=O) groups excluding carboxylic acids is 1. The van der Waals surface area contributed by atoms with Crippen molar-refractivity contribution >= 4 is 11.5 Å². The molecule has 0 heterocycles. The molecular formula is C11H9F4NO. The minimum atomic E-state index is -4.71. The van der Waals surface area contributed by atoms with E-state index >= 15 is 0 Å². The van der Waals surface area contributed by atoms with Gasteiger partial charge in [0.1, 0.15) is 0 Å². The van der Waals surface area contributed by atoms with Gasteiger partial charge in [0.15, 0.2) is 0 Å². The van der Waals surface area contributed by atoms with E-state index in [1.54, 1.807) is 18.2 Å². The normalized spacial score (nSPS) is 12.9. The summed E-state index contributed by atoms with van der Waals surface area (Å²) in [5, 5.41) is 0. The summed E-state index contributed by atoms with van der Waals surface area (Å²) in [5.41, 5.74) is 5.38. The molecule has 0 aliphatic rings. The minimum Gasteiger partial charge on any atom is -0.398 e. The van der Waals surface area contributed by atoms with Crippen molar-refractivity contribution in [1.29, 1.82) is 0 Å². The zero-order valence-corrected chi connectivity index (χ0v) is 8.54. The number of hydrogen-bond donors (Lipinski definition) is 1. The second-order valence-electron chi connectivity index (χ2n) is 3.25. The number of ketones is 1. The van der Waals surface area contributed by atoms with Gasteiger partial charge < -0.3 is 5.73 Å². The Morgan fingerprint density at radius 1 is 1.24 bits per heavy atom. The average molecular weight is 247 g/mol. The van der Waals surface area contributed by atoms with Gasteiger partial charge >= 0.3 is 12.3 Å². The van der Waals surface area contributed by atoms with Gasteiger partial charge in [0.2, 0.25) is 5.78 Å². The van der Waals surface area contributed by atoms with Gasteiger partial charge in [0, 0.05) is 11.8 Å². The first-order chi connectivity index (χ1) is 7.85. The quantitative estimate of drug-likeness (QED) is 0.656. The van der Waals surface area contributed by atoms with E-state index in [0.29, 0.717) is 11.6 Å². The maximum atomic E-state index is 12.6. The molecule has 0 bridgehead atoms. The van der Waals surface area contributed by atoms with Gasteiger partial charge in [-0.05, 0) is 5.56 Å². The fraction of sp³-hybridized carbons (Fsp3) is 0.182. The first-order valence-corrected chi connectivity index (χ1v) is 4.58. The molecule has 0 aliphatic carbocycles. The lowest BCUT2D eigenvalue weighted by molar-refractivity contribution is -0.161. The number of benzene rings is 1. The molecule has 1 aromatic carbocycles. The van der Waals surface area contributed by atoms with Gasteiger partial charge in [-0.3, -0.25) is 4.79 Å².